The summed E-state index contributed by atoms with van der Waals surface area (Å²) in [6.45, 7) is 2.60. The number of amides is 1. The maximum atomic E-state index is 13.5. The lowest BCUT2D eigenvalue weighted by atomic mass is 10.1. The maximum Gasteiger partial charge on any atom is 0.341 e. The summed E-state index contributed by atoms with van der Waals surface area (Å²) in [6, 6.07) is 11.3. The van der Waals surface area contributed by atoms with Crippen molar-refractivity contribution in [3.05, 3.63) is 75.6 Å². The fourth-order valence-corrected chi connectivity index (χ4v) is 4.65. The van der Waals surface area contributed by atoms with Crippen LogP contribution in [0, 0.1) is 0 Å². The van der Waals surface area contributed by atoms with Crippen LogP contribution in [0.1, 0.15) is 40.5 Å². The molecular formula is C28H28N4O7. The molecule has 0 spiro atoms. The minimum atomic E-state index is -0.711. The van der Waals surface area contributed by atoms with Crippen LogP contribution < -0.4 is 20.5 Å². The van der Waals surface area contributed by atoms with Crippen LogP contribution in [0.3, 0.4) is 0 Å². The first-order chi connectivity index (χ1) is 18.9. The first-order valence-electron chi connectivity index (χ1n) is 12.6. The van der Waals surface area contributed by atoms with E-state index in [2.05, 4.69) is 4.99 Å². The quantitative estimate of drug-likeness (QED) is 0.263. The molecule has 1 fully saturated rings. The van der Waals surface area contributed by atoms with Gasteiger partial charge in [0.25, 0.3) is 11.5 Å². The summed E-state index contributed by atoms with van der Waals surface area (Å²) in [6.07, 6.45) is 3.04. The van der Waals surface area contributed by atoms with Crippen LogP contribution in [0.25, 0.3) is 16.7 Å². The summed E-state index contributed by atoms with van der Waals surface area (Å²) in [5.74, 6) is -0.524. The monoisotopic (exact) mass is 532 g/mol. The largest absolute Gasteiger partial charge is 0.493 e. The number of hydrogen-bond acceptors (Lipinski definition) is 8. The SMILES string of the molecule is CCOC(=O)c1cc2c(=O)n3ccccc3nc2n(C[C@@H]2CCCO2)c1=NC(=O)c1ccc(OC)c(OC)c1. The van der Waals surface area contributed by atoms with E-state index in [0.717, 1.165) is 12.8 Å². The number of carbonyl (C=O) groups excluding carboxylic acids is 2. The average Bonchev–Trinajstić information content (AvgIpc) is 3.47. The number of benzene rings is 1. The van der Waals surface area contributed by atoms with Crippen molar-refractivity contribution < 1.29 is 28.5 Å². The Labute approximate surface area is 223 Å². The van der Waals surface area contributed by atoms with Crippen molar-refractivity contribution in [2.75, 3.05) is 27.4 Å². The van der Waals surface area contributed by atoms with Gasteiger partial charge in [-0.15, -0.1) is 0 Å². The summed E-state index contributed by atoms with van der Waals surface area (Å²) in [5.41, 5.74) is 0.567. The zero-order valence-electron chi connectivity index (χ0n) is 21.9. The Hall–Kier alpha value is -4.51. The third kappa shape index (κ3) is 5.00. The van der Waals surface area contributed by atoms with Gasteiger partial charge >= 0.3 is 5.97 Å². The molecule has 0 N–H and O–H groups in total. The number of aromatic nitrogens is 3. The summed E-state index contributed by atoms with van der Waals surface area (Å²) < 4.78 is 24.8. The van der Waals surface area contributed by atoms with Gasteiger partial charge in [0.15, 0.2) is 17.0 Å². The third-order valence-corrected chi connectivity index (χ3v) is 6.53. The van der Waals surface area contributed by atoms with Gasteiger partial charge in [-0.1, -0.05) is 6.07 Å². The molecule has 1 aliphatic heterocycles. The zero-order valence-corrected chi connectivity index (χ0v) is 21.9. The number of carbonyl (C=O) groups is 2. The van der Waals surface area contributed by atoms with Crippen molar-refractivity contribution in [3.8, 4) is 11.5 Å². The van der Waals surface area contributed by atoms with Crippen molar-refractivity contribution in [1.82, 2.24) is 14.0 Å². The smallest absolute Gasteiger partial charge is 0.341 e. The van der Waals surface area contributed by atoms with Crippen LogP contribution in [0.4, 0.5) is 0 Å². The molecule has 11 heteroatoms. The molecule has 11 nitrogen and oxygen atoms in total. The molecule has 0 aliphatic carbocycles. The second-order valence-corrected chi connectivity index (χ2v) is 8.92. The summed E-state index contributed by atoms with van der Waals surface area (Å²) in [7, 11) is 2.97. The van der Waals surface area contributed by atoms with Gasteiger partial charge in [-0.3, -0.25) is 14.0 Å². The van der Waals surface area contributed by atoms with Gasteiger partial charge in [0.1, 0.15) is 16.9 Å². The highest BCUT2D eigenvalue weighted by atomic mass is 16.5. The Morgan fingerprint density at radius 2 is 1.95 bits per heavy atom. The minimum absolute atomic E-state index is 0.0223. The van der Waals surface area contributed by atoms with E-state index in [1.54, 1.807) is 48.0 Å². The van der Waals surface area contributed by atoms with E-state index < -0.39 is 11.9 Å². The summed E-state index contributed by atoms with van der Waals surface area (Å²) in [4.78, 5) is 49.3. The Morgan fingerprint density at radius 1 is 1.13 bits per heavy atom. The molecule has 1 aliphatic rings. The number of nitrogens with zero attached hydrogens (tertiary/aromatic N) is 4. The lowest BCUT2D eigenvalue weighted by Crippen LogP contribution is -2.35. The van der Waals surface area contributed by atoms with Crippen LogP contribution in [0.2, 0.25) is 0 Å². The predicted molar refractivity (Wildman–Crippen MR) is 141 cm³/mol. The molecule has 1 atom stereocenters. The number of fused-ring (bicyclic) bond motifs is 2. The van der Waals surface area contributed by atoms with E-state index in [1.807, 2.05) is 0 Å². The molecule has 1 amide bonds. The molecule has 5 rings (SSSR count). The van der Waals surface area contributed by atoms with E-state index >= 15 is 0 Å². The fourth-order valence-electron chi connectivity index (χ4n) is 4.65. The lowest BCUT2D eigenvalue weighted by Gasteiger charge is -2.18. The highest BCUT2D eigenvalue weighted by molar-refractivity contribution is 5.97. The van der Waals surface area contributed by atoms with Gasteiger partial charge in [-0.2, -0.15) is 4.99 Å². The van der Waals surface area contributed by atoms with Crippen LogP contribution in [0.5, 0.6) is 11.5 Å². The normalized spacial score (nSPS) is 15.6. The molecule has 1 saturated heterocycles. The number of pyridine rings is 2. The van der Waals surface area contributed by atoms with E-state index in [1.165, 1.54) is 30.8 Å². The van der Waals surface area contributed by atoms with E-state index in [9.17, 15) is 14.4 Å². The van der Waals surface area contributed by atoms with Crippen molar-refractivity contribution >= 4 is 28.6 Å². The van der Waals surface area contributed by atoms with Crippen LogP contribution in [0.15, 0.2) is 58.4 Å². The summed E-state index contributed by atoms with van der Waals surface area (Å²) >= 11 is 0. The second-order valence-electron chi connectivity index (χ2n) is 8.92. The molecule has 39 heavy (non-hydrogen) atoms. The number of esters is 1. The number of ether oxygens (including phenoxy) is 4. The molecule has 3 aromatic heterocycles. The van der Waals surface area contributed by atoms with Gasteiger partial charge in [-0.05, 0) is 56.2 Å². The molecule has 4 heterocycles. The van der Waals surface area contributed by atoms with E-state index in [4.69, 9.17) is 23.9 Å². The van der Waals surface area contributed by atoms with Gasteiger partial charge in [0, 0.05) is 18.4 Å². The minimum Gasteiger partial charge on any atom is -0.493 e. The number of methoxy groups -OCH3 is 2. The molecule has 0 bridgehead atoms. The molecule has 0 unspecified atom stereocenters. The molecule has 0 radical (unpaired) electrons. The number of rotatable bonds is 7. The topological polar surface area (TPSA) is 123 Å². The molecule has 0 saturated carbocycles. The van der Waals surface area contributed by atoms with Gasteiger partial charge in [-0.25, -0.2) is 9.78 Å². The van der Waals surface area contributed by atoms with Gasteiger partial charge in [0.05, 0.1) is 38.9 Å². The van der Waals surface area contributed by atoms with Crippen LogP contribution >= 0.6 is 0 Å². The molecule has 202 valence electrons. The third-order valence-electron chi connectivity index (χ3n) is 6.53. The highest BCUT2D eigenvalue weighted by Crippen LogP contribution is 2.28. The number of hydrogen-bond donors (Lipinski definition) is 0. The van der Waals surface area contributed by atoms with Crippen molar-refractivity contribution in [1.29, 1.82) is 0 Å². The fraction of sp³-hybridized carbons (Fsp3) is 0.321. The van der Waals surface area contributed by atoms with Gasteiger partial charge in [0.2, 0.25) is 0 Å². The second kappa shape index (κ2) is 11.1. The molecular weight excluding hydrogens is 504 g/mol. The Kier molecular flexibility index (Phi) is 7.42. The predicted octanol–water partition coefficient (Wildman–Crippen LogP) is 2.76. The van der Waals surface area contributed by atoms with Crippen molar-refractivity contribution in [2.45, 2.75) is 32.4 Å². The van der Waals surface area contributed by atoms with Gasteiger partial charge < -0.3 is 23.5 Å². The Morgan fingerprint density at radius 3 is 2.67 bits per heavy atom. The lowest BCUT2D eigenvalue weighted by molar-refractivity contribution is 0.0521. The Bertz CT molecular complexity index is 1700. The van der Waals surface area contributed by atoms with E-state index in [-0.39, 0.29) is 52.5 Å². The average molecular weight is 533 g/mol. The van der Waals surface area contributed by atoms with Crippen molar-refractivity contribution in [2.24, 2.45) is 4.99 Å². The molecule has 1 aromatic carbocycles. The first-order valence-corrected chi connectivity index (χ1v) is 12.6. The molecule has 4 aromatic rings. The van der Waals surface area contributed by atoms with Crippen molar-refractivity contribution in [3.63, 3.8) is 0 Å². The van der Waals surface area contributed by atoms with Crippen LogP contribution in [-0.4, -0.2) is 59.4 Å². The first kappa shape index (κ1) is 26.1. The summed E-state index contributed by atoms with van der Waals surface area (Å²) in [5, 5.41) is 0.192. The highest BCUT2D eigenvalue weighted by Gasteiger charge is 2.24. The van der Waals surface area contributed by atoms with E-state index in [0.29, 0.717) is 23.8 Å². The van der Waals surface area contributed by atoms with Crippen LogP contribution in [-0.2, 0) is 16.0 Å². The maximum absolute atomic E-state index is 13.5. The standard InChI is InChI=1S/C28H28N4O7/c1-4-38-28(35)20-15-19-24(29-23-9-5-6-12-31(23)27(19)34)32(16-18-8-7-13-39-18)25(20)30-26(33)17-10-11-21(36-2)22(14-17)37-3/h5-6,9-12,14-15,18H,4,7-8,13,16H2,1-3H3/t18-/m0/s1. The Balaban J connectivity index is 1.82. The zero-order chi connectivity index (χ0) is 27.5.